The zero-order valence-electron chi connectivity index (χ0n) is 27.0. The van der Waals surface area contributed by atoms with Crippen molar-refractivity contribution >= 4 is 33.3 Å². The molecule has 3 N–H and O–H groups in total. The molecule has 10 heteroatoms. The molecule has 2 aliphatic carbocycles. The van der Waals surface area contributed by atoms with E-state index < -0.39 is 32.4 Å². The lowest BCUT2D eigenvalue weighted by molar-refractivity contribution is -0.0469. The van der Waals surface area contributed by atoms with Crippen LogP contribution in [0.15, 0.2) is 48.6 Å². The summed E-state index contributed by atoms with van der Waals surface area (Å²) < 4.78 is 35.6. The van der Waals surface area contributed by atoms with Crippen molar-refractivity contribution in [2.75, 3.05) is 24.6 Å². The van der Waals surface area contributed by atoms with Crippen LogP contribution in [0.5, 0.6) is 5.75 Å². The van der Waals surface area contributed by atoms with Gasteiger partial charge < -0.3 is 19.5 Å². The van der Waals surface area contributed by atoms with Crippen molar-refractivity contribution in [3.05, 3.63) is 70.3 Å². The molecule has 5 rings (SSSR count). The lowest BCUT2D eigenvalue weighted by Crippen LogP contribution is -2.53. The first-order chi connectivity index (χ1) is 21.0. The normalized spacial score (nSPS) is 26.3. The first-order valence-electron chi connectivity index (χ1n) is 15.9. The van der Waals surface area contributed by atoms with Crippen LogP contribution in [-0.4, -0.2) is 56.1 Å². The van der Waals surface area contributed by atoms with Crippen molar-refractivity contribution in [3.8, 4) is 5.75 Å². The van der Waals surface area contributed by atoms with Crippen LogP contribution in [0.2, 0.25) is 5.02 Å². The third-order valence-electron chi connectivity index (χ3n) is 10.1. The van der Waals surface area contributed by atoms with Gasteiger partial charge in [-0.05, 0) is 114 Å². The van der Waals surface area contributed by atoms with Gasteiger partial charge in [0.05, 0.1) is 29.2 Å². The van der Waals surface area contributed by atoms with Gasteiger partial charge in [0.25, 0.3) is 0 Å². The lowest BCUT2D eigenvalue weighted by atomic mass is 9.58. The number of allylic oxidation sites excluding steroid dienone is 1. The molecule has 0 saturated heterocycles. The molecular weight excluding hydrogens is 612 g/mol. The van der Waals surface area contributed by atoms with E-state index in [1.54, 1.807) is 25.1 Å². The van der Waals surface area contributed by atoms with E-state index in [2.05, 4.69) is 24.0 Å². The molecule has 2 aromatic rings. The minimum atomic E-state index is -3.64. The number of primary sulfonamides is 1. The van der Waals surface area contributed by atoms with Gasteiger partial charge in [-0.1, -0.05) is 36.7 Å². The maximum absolute atomic E-state index is 13.1. The Kier molecular flexibility index (Phi) is 9.41. The number of aliphatic hydroxyl groups is 1. The monoisotopic (exact) mass is 658 g/mol. The van der Waals surface area contributed by atoms with Gasteiger partial charge >= 0.3 is 5.97 Å². The number of hydrogen-bond donors (Lipinski definition) is 2. The first kappa shape index (κ1) is 33.8. The van der Waals surface area contributed by atoms with Crippen LogP contribution in [0.25, 0.3) is 0 Å². The molecule has 0 radical (unpaired) electrons. The summed E-state index contributed by atoms with van der Waals surface area (Å²) in [4.78, 5) is 15.5. The molecule has 0 amide bonds. The summed E-state index contributed by atoms with van der Waals surface area (Å²) >= 11 is 6.41. The number of halogens is 1. The number of anilines is 1. The highest BCUT2D eigenvalue weighted by atomic mass is 35.5. The average Bonchev–Trinajstić information content (AvgIpc) is 3.10. The molecule has 1 spiro atoms. The first-order valence-corrected chi connectivity index (χ1v) is 17.9. The number of benzene rings is 2. The number of nitrogens with zero attached hydrogens (tertiary/aromatic N) is 1. The summed E-state index contributed by atoms with van der Waals surface area (Å²) in [7, 11) is -3.64. The maximum atomic E-state index is 13.1. The van der Waals surface area contributed by atoms with Crippen LogP contribution in [-0.2, 0) is 26.6 Å². The fourth-order valence-corrected chi connectivity index (χ4v) is 7.66. The van der Waals surface area contributed by atoms with E-state index >= 15 is 0 Å². The number of aliphatic hydroxyl groups excluding tert-OH is 1. The molecule has 0 aromatic heterocycles. The summed E-state index contributed by atoms with van der Waals surface area (Å²) in [5.41, 5.74) is 2.52. The highest BCUT2D eigenvalue weighted by Gasteiger charge is 2.49. The maximum Gasteiger partial charge on any atom is 0.338 e. The predicted molar refractivity (Wildman–Crippen MR) is 179 cm³/mol. The Bertz CT molecular complexity index is 1570. The number of hydrogen-bond acceptors (Lipinski definition) is 7. The van der Waals surface area contributed by atoms with Crippen LogP contribution >= 0.6 is 11.6 Å². The number of rotatable bonds is 8. The smallest absolute Gasteiger partial charge is 0.338 e. The Morgan fingerprint density at radius 2 is 2.00 bits per heavy atom. The fraction of sp³-hybridized carbons (Fsp3) is 0.571. The highest BCUT2D eigenvalue weighted by Crippen LogP contribution is 2.52. The summed E-state index contributed by atoms with van der Waals surface area (Å²) in [5.74, 6) is 0.484. The van der Waals surface area contributed by atoms with Crippen molar-refractivity contribution in [1.82, 2.24) is 0 Å². The second-order valence-corrected chi connectivity index (χ2v) is 17.0. The van der Waals surface area contributed by atoms with Crippen molar-refractivity contribution in [1.29, 1.82) is 0 Å². The van der Waals surface area contributed by atoms with Crippen LogP contribution in [0.3, 0.4) is 0 Å². The van der Waals surface area contributed by atoms with E-state index in [0.29, 0.717) is 25.3 Å². The molecule has 8 nitrogen and oxygen atoms in total. The number of nitrogens with two attached hydrogens (primary N) is 1. The lowest BCUT2D eigenvalue weighted by Gasteiger charge is -2.52. The molecule has 1 saturated carbocycles. The predicted octanol–water partition coefficient (Wildman–Crippen LogP) is 6.17. The molecule has 1 unspecified atom stereocenters. The molecule has 1 heterocycles. The Balaban J connectivity index is 1.47. The zero-order valence-corrected chi connectivity index (χ0v) is 28.6. The number of sulfonamides is 1. The van der Waals surface area contributed by atoms with Crippen molar-refractivity contribution in [3.63, 3.8) is 0 Å². The number of esters is 1. The highest BCUT2D eigenvalue weighted by molar-refractivity contribution is 7.89. The van der Waals surface area contributed by atoms with Crippen molar-refractivity contribution < 1.29 is 27.8 Å². The minimum Gasteiger partial charge on any atom is -0.490 e. The Morgan fingerprint density at radius 1 is 1.24 bits per heavy atom. The second-order valence-electron chi connectivity index (χ2n) is 14.5. The third kappa shape index (κ3) is 7.22. The largest absolute Gasteiger partial charge is 0.490 e. The molecule has 5 atom stereocenters. The van der Waals surface area contributed by atoms with Crippen molar-refractivity contribution in [2.45, 2.75) is 95.5 Å². The van der Waals surface area contributed by atoms with E-state index in [1.165, 1.54) is 11.1 Å². The summed E-state index contributed by atoms with van der Waals surface area (Å²) in [6, 6.07) is 11.7. The number of carbonyl (C=O) groups excluding carboxylic acids is 1. The summed E-state index contributed by atoms with van der Waals surface area (Å²) in [6.07, 6.45) is 7.67. The SMILES string of the molecule is C[C@H](C/C=C/[C@@H](O)[C@]1(C)CC[C@H]1CN1CC2(CCCc3cc(Cl)ccc32)COc2ccc(C(=O)OC(C)(C)C)cc21)S(N)(=O)=O. The molecule has 45 heavy (non-hydrogen) atoms. The van der Waals surface area contributed by atoms with Gasteiger partial charge in [-0.3, -0.25) is 0 Å². The molecule has 246 valence electrons. The average molecular weight is 659 g/mol. The zero-order chi connectivity index (χ0) is 32.8. The van der Waals surface area contributed by atoms with Gasteiger partial charge in [0.15, 0.2) is 0 Å². The van der Waals surface area contributed by atoms with Crippen LogP contribution in [0.1, 0.15) is 88.2 Å². The Hall–Kier alpha value is -2.59. The van der Waals surface area contributed by atoms with Crippen LogP contribution in [0.4, 0.5) is 5.69 Å². The van der Waals surface area contributed by atoms with Gasteiger partial charge in [0, 0.05) is 28.9 Å². The Labute approximate surface area is 273 Å². The molecule has 1 fully saturated rings. The summed E-state index contributed by atoms with van der Waals surface area (Å²) in [5, 5.41) is 16.6. The van der Waals surface area contributed by atoms with Gasteiger partial charge in [-0.25, -0.2) is 18.4 Å². The quantitative estimate of drug-likeness (QED) is 0.257. The number of fused-ring (bicyclic) bond motifs is 3. The topological polar surface area (TPSA) is 119 Å². The van der Waals surface area contributed by atoms with Crippen LogP contribution < -0.4 is 14.8 Å². The number of carbonyl (C=O) groups is 1. The minimum absolute atomic E-state index is 0.147. The molecular formula is C35H47ClN2O6S. The van der Waals surface area contributed by atoms with Gasteiger partial charge in [-0.2, -0.15) is 0 Å². The molecule has 0 bridgehead atoms. The van der Waals surface area contributed by atoms with E-state index in [9.17, 15) is 18.3 Å². The number of aryl methyl sites for hydroxylation is 1. The Morgan fingerprint density at radius 3 is 2.67 bits per heavy atom. The number of ether oxygens (including phenoxy) is 2. The molecule has 3 aliphatic rings. The third-order valence-corrected chi connectivity index (χ3v) is 11.6. The van der Waals surface area contributed by atoms with E-state index in [4.69, 9.17) is 26.2 Å². The van der Waals surface area contributed by atoms with Gasteiger partial charge in [-0.15, -0.1) is 0 Å². The summed E-state index contributed by atoms with van der Waals surface area (Å²) in [6.45, 7) is 11.1. The van der Waals surface area contributed by atoms with E-state index in [1.807, 2.05) is 39.0 Å². The standard InChI is InChI=1S/C35H47ClN2O6S/c1-23(45(37,41)42)8-6-10-31(39)34(5)17-15-26(34)20-38-21-35(16-7-9-24-18-27(36)12-13-28(24)35)22-43-30-14-11-25(19-29(30)38)32(40)44-33(2,3)4/h6,10-14,18-19,23,26,31,39H,7-9,15-17,20-22H2,1-5H3,(H2,37,41,42)/b10-6+/t23-,26+,31-,34-,35?/m1/s1. The van der Waals surface area contributed by atoms with E-state index in [-0.39, 0.29) is 23.7 Å². The van der Waals surface area contributed by atoms with Gasteiger partial charge in [0.2, 0.25) is 10.0 Å². The fourth-order valence-electron chi connectivity index (χ4n) is 7.09. The second kappa shape index (κ2) is 12.5. The van der Waals surface area contributed by atoms with Crippen molar-refractivity contribution in [2.24, 2.45) is 16.5 Å². The molecule has 1 aliphatic heterocycles. The van der Waals surface area contributed by atoms with Gasteiger partial charge in [0.1, 0.15) is 11.4 Å². The van der Waals surface area contributed by atoms with Crippen LogP contribution in [0, 0.1) is 11.3 Å². The molecule has 2 aromatic carbocycles. The van der Waals surface area contributed by atoms with E-state index in [0.717, 1.165) is 48.6 Å².